The number of aromatic nitrogens is 2. The van der Waals surface area contributed by atoms with Gasteiger partial charge in [0, 0.05) is 13.2 Å². The van der Waals surface area contributed by atoms with Gasteiger partial charge in [0.1, 0.15) is 16.5 Å². The van der Waals surface area contributed by atoms with Crippen molar-refractivity contribution >= 4 is 27.4 Å². The van der Waals surface area contributed by atoms with Crippen LogP contribution in [-0.2, 0) is 4.74 Å². The molecule has 5 heteroatoms. The maximum Gasteiger partial charge on any atom is 0.138 e. The molecule has 1 saturated heterocycles. The molecule has 0 spiro atoms. The van der Waals surface area contributed by atoms with Crippen LogP contribution in [-0.4, -0.2) is 29.2 Å². The molecular weight excluding hydrogens is 234 g/mol. The third-order valence-corrected chi connectivity index (χ3v) is 3.76. The minimum absolute atomic E-state index is 0.332. The van der Waals surface area contributed by atoms with Gasteiger partial charge in [-0.05, 0) is 31.2 Å². The van der Waals surface area contributed by atoms with E-state index in [1.54, 1.807) is 11.3 Å². The SMILES string of the molecule is Cc1nc(NCC2CCCO2)c2ccsc2n1. The number of nitrogens with zero attached hydrogens (tertiary/aromatic N) is 2. The summed E-state index contributed by atoms with van der Waals surface area (Å²) < 4.78 is 5.60. The number of fused-ring (bicyclic) bond motifs is 1. The molecular formula is C12H15N3OS. The molecule has 1 unspecified atom stereocenters. The van der Waals surface area contributed by atoms with Crippen LogP contribution in [0.4, 0.5) is 5.82 Å². The lowest BCUT2D eigenvalue weighted by molar-refractivity contribution is 0.120. The van der Waals surface area contributed by atoms with E-state index in [0.717, 1.165) is 41.4 Å². The summed E-state index contributed by atoms with van der Waals surface area (Å²) >= 11 is 1.65. The first-order chi connectivity index (χ1) is 8.33. The van der Waals surface area contributed by atoms with E-state index in [-0.39, 0.29) is 0 Å². The number of nitrogens with one attached hydrogen (secondary N) is 1. The van der Waals surface area contributed by atoms with Gasteiger partial charge in [0.2, 0.25) is 0 Å². The van der Waals surface area contributed by atoms with Gasteiger partial charge >= 0.3 is 0 Å². The van der Waals surface area contributed by atoms with Crippen LogP contribution in [0.3, 0.4) is 0 Å². The molecule has 0 aliphatic carbocycles. The molecule has 0 bridgehead atoms. The van der Waals surface area contributed by atoms with Crippen LogP contribution in [0.2, 0.25) is 0 Å². The Labute approximate surface area is 104 Å². The second-order valence-electron chi connectivity index (χ2n) is 4.27. The third-order valence-electron chi connectivity index (χ3n) is 2.96. The second kappa shape index (κ2) is 4.58. The summed E-state index contributed by atoms with van der Waals surface area (Å²) in [7, 11) is 0. The Bertz CT molecular complexity index is 519. The molecule has 1 N–H and O–H groups in total. The van der Waals surface area contributed by atoms with Gasteiger partial charge in [-0.3, -0.25) is 0 Å². The van der Waals surface area contributed by atoms with E-state index in [9.17, 15) is 0 Å². The van der Waals surface area contributed by atoms with Crippen molar-refractivity contribution in [3.8, 4) is 0 Å². The van der Waals surface area contributed by atoms with Crippen molar-refractivity contribution in [3.63, 3.8) is 0 Å². The molecule has 17 heavy (non-hydrogen) atoms. The fourth-order valence-electron chi connectivity index (χ4n) is 2.11. The fourth-order valence-corrected chi connectivity index (χ4v) is 2.92. The zero-order chi connectivity index (χ0) is 11.7. The predicted molar refractivity (Wildman–Crippen MR) is 69.6 cm³/mol. The molecule has 3 heterocycles. The predicted octanol–water partition coefficient (Wildman–Crippen LogP) is 2.59. The zero-order valence-corrected chi connectivity index (χ0v) is 10.6. The van der Waals surface area contributed by atoms with Crippen LogP contribution in [0.1, 0.15) is 18.7 Å². The van der Waals surface area contributed by atoms with Crippen molar-refractivity contribution in [2.24, 2.45) is 0 Å². The summed E-state index contributed by atoms with van der Waals surface area (Å²) in [5.41, 5.74) is 0. The van der Waals surface area contributed by atoms with E-state index in [2.05, 4.69) is 26.7 Å². The maximum atomic E-state index is 5.60. The van der Waals surface area contributed by atoms with Gasteiger partial charge < -0.3 is 10.1 Å². The van der Waals surface area contributed by atoms with Crippen molar-refractivity contribution in [3.05, 3.63) is 17.3 Å². The molecule has 1 fully saturated rings. The van der Waals surface area contributed by atoms with Crippen molar-refractivity contribution in [2.75, 3.05) is 18.5 Å². The number of rotatable bonds is 3. The van der Waals surface area contributed by atoms with E-state index in [1.807, 2.05) is 6.92 Å². The quantitative estimate of drug-likeness (QED) is 0.908. The van der Waals surface area contributed by atoms with Crippen molar-refractivity contribution in [1.29, 1.82) is 0 Å². The molecule has 0 saturated carbocycles. The summed E-state index contributed by atoms with van der Waals surface area (Å²) in [5, 5.41) is 6.55. The molecule has 1 atom stereocenters. The lowest BCUT2D eigenvalue weighted by atomic mass is 10.2. The first-order valence-electron chi connectivity index (χ1n) is 5.90. The van der Waals surface area contributed by atoms with E-state index in [1.165, 1.54) is 6.42 Å². The Morgan fingerprint density at radius 1 is 1.53 bits per heavy atom. The number of anilines is 1. The number of ether oxygens (including phenoxy) is 1. The van der Waals surface area contributed by atoms with Gasteiger partial charge in [-0.1, -0.05) is 0 Å². The van der Waals surface area contributed by atoms with Gasteiger partial charge in [-0.25, -0.2) is 9.97 Å². The highest BCUT2D eigenvalue weighted by molar-refractivity contribution is 7.16. The van der Waals surface area contributed by atoms with Crippen LogP contribution >= 0.6 is 11.3 Å². The minimum atomic E-state index is 0.332. The molecule has 2 aromatic rings. The van der Waals surface area contributed by atoms with Crippen LogP contribution in [0.25, 0.3) is 10.2 Å². The van der Waals surface area contributed by atoms with Crippen LogP contribution in [0, 0.1) is 6.92 Å². The molecule has 3 rings (SSSR count). The Kier molecular flexibility index (Phi) is 2.94. The van der Waals surface area contributed by atoms with Gasteiger partial charge in [-0.2, -0.15) is 0 Å². The van der Waals surface area contributed by atoms with Gasteiger partial charge in [0.05, 0.1) is 11.5 Å². The standard InChI is InChI=1S/C12H15N3OS/c1-8-14-11(10-4-6-17-12(10)15-8)13-7-9-3-2-5-16-9/h4,6,9H,2-3,5,7H2,1H3,(H,13,14,15). The molecule has 0 amide bonds. The van der Waals surface area contributed by atoms with Crippen LogP contribution in [0.5, 0.6) is 0 Å². The van der Waals surface area contributed by atoms with Gasteiger partial charge in [0.25, 0.3) is 0 Å². The number of hydrogen-bond acceptors (Lipinski definition) is 5. The molecule has 2 aromatic heterocycles. The third kappa shape index (κ3) is 2.25. The molecule has 1 aliphatic heterocycles. The normalized spacial score (nSPS) is 19.9. The molecule has 4 nitrogen and oxygen atoms in total. The Balaban J connectivity index is 1.81. The zero-order valence-electron chi connectivity index (χ0n) is 9.77. The van der Waals surface area contributed by atoms with Crippen molar-refractivity contribution in [1.82, 2.24) is 9.97 Å². The average Bonchev–Trinajstić information content (AvgIpc) is 2.95. The highest BCUT2D eigenvalue weighted by atomic mass is 32.1. The maximum absolute atomic E-state index is 5.60. The highest BCUT2D eigenvalue weighted by Crippen LogP contribution is 2.25. The number of thiophene rings is 1. The topological polar surface area (TPSA) is 47.0 Å². The number of aryl methyl sites for hydroxylation is 1. The Hall–Kier alpha value is -1.20. The van der Waals surface area contributed by atoms with E-state index in [4.69, 9.17) is 4.74 Å². The summed E-state index contributed by atoms with van der Waals surface area (Å²) in [6.07, 6.45) is 2.64. The molecule has 1 aliphatic rings. The average molecular weight is 249 g/mol. The highest BCUT2D eigenvalue weighted by Gasteiger charge is 2.16. The van der Waals surface area contributed by atoms with Gasteiger partial charge in [-0.15, -0.1) is 11.3 Å². The van der Waals surface area contributed by atoms with Crippen molar-refractivity contribution < 1.29 is 4.74 Å². The first kappa shape index (κ1) is 10.9. The smallest absolute Gasteiger partial charge is 0.138 e. The monoisotopic (exact) mass is 249 g/mol. The summed E-state index contributed by atoms with van der Waals surface area (Å²) in [6.45, 7) is 3.65. The van der Waals surface area contributed by atoms with Crippen LogP contribution in [0.15, 0.2) is 11.4 Å². The lowest BCUT2D eigenvalue weighted by Crippen LogP contribution is -2.19. The summed E-state index contributed by atoms with van der Waals surface area (Å²) in [5.74, 6) is 1.75. The van der Waals surface area contributed by atoms with E-state index >= 15 is 0 Å². The molecule has 0 radical (unpaired) electrons. The largest absolute Gasteiger partial charge is 0.376 e. The van der Waals surface area contributed by atoms with E-state index in [0.29, 0.717) is 6.10 Å². The first-order valence-corrected chi connectivity index (χ1v) is 6.78. The van der Waals surface area contributed by atoms with Crippen LogP contribution < -0.4 is 5.32 Å². The lowest BCUT2D eigenvalue weighted by Gasteiger charge is -2.12. The van der Waals surface area contributed by atoms with Gasteiger partial charge in [0.15, 0.2) is 0 Å². The summed E-state index contributed by atoms with van der Waals surface area (Å²) in [6, 6.07) is 2.07. The minimum Gasteiger partial charge on any atom is -0.376 e. The second-order valence-corrected chi connectivity index (χ2v) is 5.17. The number of hydrogen-bond donors (Lipinski definition) is 1. The molecule has 90 valence electrons. The molecule has 0 aromatic carbocycles. The fraction of sp³-hybridized carbons (Fsp3) is 0.500. The summed E-state index contributed by atoms with van der Waals surface area (Å²) in [4.78, 5) is 9.92. The Morgan fingerprint density at radius 2 is 2.47 bits per heavy atom. The van der Waals surface area contributed by atoms with E-state index < -0.39 is 0 Å². The Morgan fingerprint density at radius 3 is 3.29 bits per heavy atom. The van der Waals surface area contributed by atoms with Crippen molar-refractivity contribution in [2.45, 2.75) is 25.9 Å².